The number of hydrogen-bond donors (Lipinski definition) is 1. The molecule has 0 saturated carbocycles. The molecule has 0 radical (unpaired) electrons. The van der Waals surface area contributed by atoms with Gasteiger partial charge in [-0.25, -0.2) is 9.97 Å². The molecule has 0 aromatic carbocycles. The molecule has 1 N–H and O–H groups in total. The summed E-state index contributed by atoms with van der Waals surface area (Å²) in [5, 5.41) is 0.0726. The highest BCUT2D eigenvalue weighted by molar-refractivity contribution is 8.13. The molecule has 2 saturated heterocycles. The van der Waals surface area contributed by atoms with Gasteiger partial charge in [0.15, 0.2) is 28.3 Å². The lowest BCUT2D eigenvalue weighted by molar-refractivity contribution is -0.216. The van der Waals surface area contributed by atoms with E-state index in [9.17, 15) is 14.2 Å². The van der Waals surface area contributed by atoms with Crippen LogP contribution in [0.15, 0.2) is 17.4 Å². The Morgan fingerprint density at radius 3 is 2.78 bits per heavy atom. The van der Waals surface area contributed by atoms with E-state index < -0.39 is 43.5 Å². The van der Waals surface area contributed by atoms with Gasteiger partial charge in [-0.15, -0.1) is 0 Å². The van der Waals surface area contributed by atoms with Crippen LogP contribution in [-0.2, 0) is 32.6 Å². The third kappa shape index (κ3) is 5.33. The average molecular weight is 545 g/mol. The first-order valence-corrected chi connectivity index (χ1v) is 14.0. The number of nitrogens with zero attached hydrogens (tertiary/aromatic N) is 3. The van der Waals surface area contributed by atoms with Crippen molar-refractivity contribution in [3.63, 3.8) is 0 Å². The number of ether oxygens (including phenoxy) is 3. The van der Waals surface area contributed by atoms with Crippen molar-refractivity contribution in [1.29, 1.82) is 0 Å². The lowest BCUT2D eigenvalue weighted by Gasteiger charge is -2.30. The number of carbonyl (C=O) groups is 1. The van der Waals surface area contributed by atoms with Gasteiger partial charge in [0.05, 0.1) is 25.9 Å². The van der Waals surface area contributed by atoms with Crippen LogP contribution in [-0.4, -0.2) is 67.2 Å². The second-order valence-electron chi connectivity index (χ2n) is 10.1. The molecule has 14 heteroatoms. The summed E-state index contributed by atoms with van der Waals surface area (Å²) in [6, 6.07) is 0. The van der Waals surface area contributed by atoms with Crippen molar-refractivity contribution in [3.05, 3.63) is 23.0 Å². The SMILES string of the molecule is CCC(C)(C)C(=O)SCCO[PH](=O)OC[C@H]1O[C@@H](n2cnc3c(=O)[nH]cnc32)C2(C)OC(C)(C)O[C@@H]12. The predicted molar refractivity (Wildman–Crippen MR) is 133 cm³/mol. The number of rotatable bonds is 10. The molecular formula is C22H33N4O8PS. The minimum absolute atomic E-state index is 0.0659. The molecule has 4 rings (SSSR count). The Balaban J connectivity index is 1.39. The first kappa shape index (κ1) is 27.4. The Kier molecular flexibility index (Phi) is 7.83. The standard InChI is InChI=1S/C22H33N4O8PS/c1-7-20(2,3)19(28)36-9-8-30-35(29)31-10-13-15-22(6,34-21(4,5)33-15)18(32-13)26-12-25-14-16(26)23-11-24-17(14)27/h11-13,15,18,35H,7-10H2,1-6H3,(H,23,24,27)/t13-,15+,18-,22?/m1/s1. The summed E-state index contributed by atoms with van der Waals surface area (Å²) in [6.07, 6.45) is 1.59. The molecule has 0 amide bonds. The number of fused-ring (bicyclic) bond motifs is 2. The number of carbonyl (C=O) groups excluding carboxylic acids is 1. The first-order chi connectivity index (χ1) is 16.9. The quantitative estimate of drug-likeness (QED) is 0.348. The summed E-state index contributed by atoms with van der Waals surface area (Å²) in [5.74, 6) is -0.519. The van der Waals surface area contributed by atoms with E-state index in [0.29, 0.717) is 11.4 Å². The van der Waals surface area contributed by atoms with Crippen molar-refractivity contribution in [2.24, 2.45) is 5.41 Å². The molecule has 2 aromatic rings. The molecule has 4 heterocycles. The molecule has 5 atom stereocenters. The monoisotopic (exact) mass is 544 g/mol. The van der Waals surface area contributed by atoms with Crippen LogP contribution in [0.25, 0.3) is 11.2 Å². The highest BCUT2D eigenvalue weighted by Crippen LogP contribution is 2.51. The Morgan fingerprint density at radius 2 is 2.06 bits per heavy atom. The molecule has 2 aliphatic heterocycles. The summed E-state index contributed by atoms with van der Waals surface area (Å²) in [4.78, 5) is 35.2. The maximum atomic E-state index is 12.4. The number of aromatic amines is 1. The Bertz CT molecular complexity index is 1200. The van der Waals surface area contributed by atoms with Gasteiger partial charge in [-0.2, -0.15) is 0 Å². The van der Waals surface area contributed by atoms with Gasteiger partial charge in [-0.05, 0) is 27.2 Å². The smallest absolute Gasteiger partial charge is 0.319 e. The molecule has 2 fully saturated rings. The van der Waals surface area contributed by atoms with Crippen LogP contribution < -0.4 is 5.56 Å². The number of hydrogen-bond acceptors (Lipinski definition) is 11. The number of imidazole rings is 1. The van der Waals surface area contributed by atoms with Crippen molar-refractivity contribution in [1.82, 2.24) is 19.5 Å². The molecule has 200 valence electrons. The van der Waals surface area contributed by atoms with Crippen LogP contribution in [0, 0.1) is 5.41 Å². The van der Waals surface area contributed by atoms with Crippen LogP contribution in [0.5, 0.6) is 0 Å². The number of H-pyrrole nitrogens is 1. The van der Waals surface area contributed by atoms with Gasteiger partial charge in [0.25, 0.3) is 5.56 Å². The Morgan fingerprint density at radius 1 is 1.31 bits per heavy atom. The van der Waals surface area contributed by atoms with E-state index in [-0.39, 0.29) is 29.4 Å². The van der Waals surface area contributed by atoms with Crippen molar-refractivity contribution in [2.45, 2.75) is 77.8 Å². The lowest BCUT2D eigenvalue weighted by Crippen LogP contribution is -2.42. The highest BCUT2D eigenvalue weighted by Gasteiger charge is 2.64. The summed E-state index contributed by atoms with van der Waals surface area (Å²) in [6.45, 7) is 11.3. The van der Waals surface area contributed by atoms with Crippen LogP contribution in [0.1, 0.15) is 54.2 Å². The zero-order valence-electron chi connectivity index (χ0n) is 21.2. The van der Waals surface area contributed by atoms with Gasteiger partial charge in [0.1, 0.15) is 17.8 Å². The van der Waals surface area contributed by atoms with Crippen molar-refractivity contribution >= 4 is 36.3 Å². The second kappa shape index (κ2) is 10.3. The molecule has 12 nitrogen and oxygen atoms in total. The van der Waals surface area contributed by atoms with E-state index in [2.05, 4.69) is 15.0 Å². The third-order valence-electron chi connectivity index (χ3n) is 6.53. The number of thioether (sulfide) groups is 1. The fraction of sp³-hybridized carbons (Fsp3) is 0.727. The van der Waals surface area contributed by atoms with Crippen LogP contribution >= 0.6 is 20.0 Å². The highest BCUT2D eigenvalue weighted by atomic mass is 32.2. The molecule has 36 heavy (non-hydrogen) atoms. The minimum Gasteiger partial charge on any atom is -0.346 e. The van der Waals surface area contributed by atoms with E-state index in [0.717, 1.165) is 18.2 Å². The zero-order valence-corrected chi connectivity index (χ0v) is 23.0. The van der Waals surface area contributed by atoms with E-state index in [1.807, 2.05) is 27.7 Å². The molecule has 0 aliphatic carbocycles. The van der Waals surface area contributed by atoms with Crippen molar-refractivity contribution in [2.75, 3.05) is 19.0 Å². The fourth-order valence-corrected chi connectivity index (χ4v) is 6.02. The molecule has 0 bridgehead atoms. The van der Waals surface area contributed by atoms with Gasteiger partial charge in [0, 0.05) is 11.2 Å². The van der Waals surface area contributed by atoms with E-state index in [4.69, 9.17) is 23.3 Å². The van der Waals surface area contributed by atoms with Gasteiger partial charge in [-0.1, -0.05) is 32.5 Å². The molecule has 2 aliphatic rings. The van der Waals surface area contributed by atoms with Gasteiger partial charge in [0.2, 0.25) is 0 Å². The summed E-state index contributed by atoms with van der Waals surface area (Å²) >= 11 is 1.16. The maximum Gasteiger partial charge on any atom is 0.319 e. The van der Waals surface area contributed by atoms with Gasteiger partial charge >= 0.3 is 8.25 Å². The van der Waals surface area contributed by atoms with Gasteiger partial charge in [-0.3, -0.25) is 18.7 Å². The normalized spacial score (nSPS) is 28.4. The van der Waals surface area contributed by atoms with E-state index >= 15 is 0 Å². The van der Waals surface area contributed by atoms with Crippen molar-refractivity contribution < 1.29 is 32.6 Å². The molecular weight excluding hydrogens is 511 g/mol. The first-order valence-electron chi connectivity index (χ1n) is 11.8. The Labute approximate surface area is 213 Å². The predicted octanol–water partition coefficient (Wildman–Crippen LogP) is 3.05. The number of nitrogens with one attached hydrogen (secondary N) is 1. The van der Waals surface area contributed by atoms with Crippen LogP contribution in [0.4, 0.5) is 0 Å². The zero-order chi connectivity index (χ0) is 26.3. The third-order valence-corrected chi connectivity index (χ3v) is 8.56. The largest absolute Gasteiger partial charge is 0.346 e. The maximum absolute atomic E-state index is 12.4. The molecule has 2 aromatic heterocycles. The minimum atomic E-state index is -2.83. The molecule has 0 spiro atoms. The average Bonchev–Trinajstić information content (AvgIpc) is 3.42. The Hall–Kier alpha value is -1.60. The summed E-state index contributed by atoms with van der Waals surface area (Å²) in [7, 11) is -2.83. The summed E-state index contributed by atoms with van der Waals surface area (Å²) in [5.41, 5.74) is -1.22. The van der Waals surface area contributed by atoms with Crippen LogP contribution in [0.3, 0.4) is 0 Å². The summed E-state index contributed by atoms with van der Waals surface area (Å²) < 4.78 is 43.4. The fourth-order valence-electron chi connectivity index (χ4n) is 4.34. The van der Waals surface area contributed by atoms with E-state index in [1.165, 1.54) is 12.7 Å². The lowest BCUT2D eigenvalue weighted by atomic mass is 9.92. The van der Waals surface area contributed by atoms with E-state index in [1.54, 1.807) is 18.4 Å². The van der Waals surface area contributed by atoms with Gasteiger partial charge < -0.3 is 28.2 Å². The van der Waals surface area contributed by atoms with Crippen LogP contribution in [0.2, 0.25) is 0 Å². The van der Waals surface area contributed by atoms with Crippen molar-refractivity contribution in [3.8, 4) is 0 Å². The topological polar surface area (TPSA) is 144 Å². The molecule has 2 unspecified atom stereocenters. The second-order valence-corrected chi connectivity index (χ2v) is 12.2. The number of aromatic nitrogens is 4.